The average Bonchev–Trinajstić information content (AvgIpc) is 2.26. The molecule has 1 aromatic rings. The van der Waals surface area contributed by atoms with Gasteiger partial charge in [0.25, 0.3) is 11.5 Å². The van der Waals surface area contributed by atoms with E-state index in [-0.39, 0.29) is 16.9 Å². The largest absolute Gasteiger partial charge is 0.508 e. The average molecular weight is 315 g/mol. The van der Waals surface area contributed by atoms with Crippen molar-refractivity contribution in [3.05, 3.63) is 29.8 Å². The zero-order valence-electron chi connectivity index (χ0n) is 15.0. The lowest BCUT2D eigenvalue weighted by Crippen LogP contribution is -2.44. The van der Waals surface area contributed by atoms with Crippen LogP contribution in [0.4, 0.5) is 0 Å². The summed E-state index contributed by atoms with van der Waals surface area (Å²) < 4.78 is 6.58. The molecule has 0 heterocycles. The molecule has 0 fully saturated rings. The number of benzene rings is 1. The molecule has 0 aliphatic rings. The third kappa shape index (κ3) is 7.71. The molecule has 1 rings (SSSR count). The highest BCUT2D eigenvalue weighted by atomic mass is 32.2. The second-order valence-corrected chi connectivity index (χ2v) is 9.16. The minimum absolute atomic E-state index is 0.120. The standard InChI is InChI=1S/C10H14O.C6H18N3S/c1-10(2,3)8-4-6-9(11)7-5-8;1-7(2)10(8(3)4)9(5)6/h4-7,11H,1-3H3;1-6H3/q;+1. The van der Waals surface area contributed by atoms with Crippen LogP contribution in [0, 0.1) is 0 Å². The lowest BCUT2D eigenvalue weighted by Gasteiger charge is -2.20. The van der Waals surface area contributed by atoms with Gasteiger partial charge in [0.05, 0.1) is 0 Å². The minimum Gasteiger partial charge on any atom is -0.508 e. The van der Waals surface area contributed by atoms with Gasteiger partial charge in [-0.1, -0.05) is 45.8 Å². The fourth-order valence-corrected chi connectivity index (χ4v) is 3.90. The highest BCUT2D eigenvalue weighted by molar-refractivity contribution is 7.90. The first-order valence-corrected chi connectivity index (χ1v) is 8.12. The van der Waals surface area contributed by atoms with E-state index in [1.807, 2.05) is 12.1 Å². The van der Waals surface area contributed by atoms with Crippen LogP contribution < -0.4 is 0 Å². The number of phenols is 1. The van der Waals surface area contributed by atoms with Gasteiger partial charge in [0, 0.05) is 42.3 Å². The Morgan fingerprint density at radius 3 is 1.29 bits per heavy atom. The topological polar surface area (TPSA) is 30.0 Å². The summed E-state index contributed by atoms with van der Waals surface area (Å²) >= 11 is 0.120. The normalized spacial score (nSPS) is 12.0. The molecule has 4 nitrogen and oxygen atoms in total. The van der Waals surface area contributed by atoms with Crippen LogP contribution in [0.3, 0.4) is 0 Å². The summed E-state index contributed by atoms with van der Waals surface area (Å²) in [6.07, 6.45) is 0. The molecule has 0 saturated carbocycles. The predicted molar refractivity (Wildman–Crippen MR) is 95.2 cm³/mol. The molecule has 0 radical (unpaired) electrons. The maximum absolute atomic E-state index is 9.02. The molecule has 0 atom stereocenters. The predicted octanol–water partition coefficient (Wildman–Crippen LogP) is 2.72. The first-order chi connectivity index (χ1) is 9.46. The molecule has 0 saturated heterocycles. The summed E-state index contributed by atoms with van der Waals surface area (Å²) in [4.78, 5) is 0. The van der Waals surface area contributed by atoms with Crippen molar-refractivity contribution in [1.29, 1.82) is 0 Å². The van der Waals surface area contributed by atoms with Crippen molar-refractivity contribution in [2.24, 2.45) is 0 Å². The van der Waals surface area contributed by atoms with Gasteiger partial charge >= 0.3 is 0 Å². The number of hydrogen-bond acceptors (Lipinski definition) is 4. The molecule has 5 heteroatoms. The molecule has 1 aromatic carbocycles. The zero-order valence-corrected chi connectivity index (χ0v) is 15.8. The van der Waals surface area contributed by atoms with E-state index in [1.165, 1.54) is 5.56 Å². The third-order valence-corrected chi connectivity index (χ3v) is 4.67. The van der Waals surface area contributed by atoms with Crippen LogP contribution in [0.5, 0.6) is 5.75 Å². The smallest absolute Gasteiger partial charge is 0.266 e. The van der Waals surface area contributed by atoms with Crippen molar-refractivity contribution in [1.82, 2.24) is 12.9 Å². The molecule has 21 heavy (non-hydrogen) atoms. The van der Waals surface area contributed by atoms with E-state index < -0.39 is 0 Å². The van der Waals surface area contributed by atoms with Crippen LogP contribution in [0.25, 0.3) is 0 Å². The lowest BCUT2D eigenvalue weighted by molar-refractivity contribution is 0.474. The van der Waals surface area contributed by atoms with Crippen LogP contribution in [0.2, 0.25) is 0 Å². The van der Waals surface area contributed by atoms with Crippen LogP contribution in [0.15, 0.2) is 24.3 Å². The number of phenolic OH excluding ortho intramolecular Hbond substituents is 1. The second kappa shape index (κ2) is 8.63. The van der Waals surface area contributed by atoms with Crippen molar-refractivity contribution in [3.8, 4) is 5.75 Å². The molecule has 0 unspecified atom stereocenters. The van der Waals surface area contributed by atoms with Crippen molar-refractivity contribution in [2.75, 3.05) is 42.3 Å². The fraction of sp³-hybridized carbons (Fsp3) is 0.625. The van der Waals surface area contributed by atoms with E-state index in [9.17, 15) is 0 Å². The van der Waals surface area contributed by atoms with Crippen LogP contribution in [0.1, 0.15) is 26.3 Å². The first-order valence-electron chi connectivity index (χ1n) is 7.03. The molecule has 0 aromatic heterocycles. The summed E-state index contributed by atoms with van der Waals surface area (Å²) in [5.74, 6) is 0.331. The Hall–Kier alpha value is -0.750. The van der Waals surface area contributed by atoms with E-state index in [1.54, 1.807) is 12.1 Å². The third-order valence-electron chi connectivity index (χ3n) is 2.71. The zero-order chi connectivity index (χ0) is 16.8. The molecule has 0 aliphatic carbocycles. The van der Waals surface area contributed by atoms with Gasteiger partial charge in [-0.3, -0.25) is 0 Å². The van der Waals surface area contributed by atoms with Gasteiger partial charge in [-0.2, -0.15) is 0 Å². The molecule has 0 bridgehead atoms. The van der Waals surface area contributed by atoms with Crippen LogP contribution in [-0.2, 0) is 16.9 Å². The Balaban J connectivity index is 0.000000384. The molecule has 122 valence electrons. The number of nitrogens with zero attached hydrogens (tertiary/aromatic N) is 3. The monoisotopic (exact) mass is 314 g/mol. The van der Waals surface area contributed by atoms with Crippen LogP contribution in [-0.4, -0.2) is 60.3 Å². The SMILES string of the molecule is CC(C)(C)c1ccc(O)cc1.CN(C)[S+](N(C)C)N(C)C. The van der Waals surface area contributed by atoms with Gasteiger partial charge in [0.1, 0.15) is 5.75 Å². The van der Waals surface area contributed by atoms with E-state index in [4.69, 9.17) is 5.11 Å². The Morgan fingerprint density at radius 2 is 1.10 bits per heavy atom. The summed E-state index contributed by atoms with van der Waals surface area (Å²) in [6, 6.07) is 7.35. The summed E-state index contributed by atoms with van der Waals surface area (Å²) in [6.45, 7) is 6.46. The Labute approximate surface area is 134 Å². The summed E-state index contributed by atoms with van der Waals surface area (Å²) in [5.41, 5.74) is 1.42. The van der Waals surface area contributed by atoms with Gasteiger partial charge in [0.2, 0.25) is 0 Å². The van der Waals surface area contributed by atoms with E-state index in [0.29, 0.717) is 5.75 Å². The van der Waals surface area contributed by atoms with Crippen molar-refractivity contribution in [3.63, 3.8) is 0 Å². The maximum atomic E-state index is 9.02. The van der Waals surface area contributed by atoms with E-state index in [2.05, 4.69) is 76.0 Å². The molecular formula is C16H32N3OS+. The van der Waals surface area contributed by atoms with E-state index >= 15 is 0 Å². The molecule has 0 amide bonds. The maximum Gasteiger partial charge on any atom is 0.266 e. The van der Waals surface area contributed by atoms with Gasteiger partial charge in [0.15, 0.2) is 0 Å². The first kappa shape index (κ1) is 20.2. The lowest BCUT2D eigenvalue weighted by atomic mass is 9.87. The molecule has 1 N–H and O–H groups in total. The Morgan fingerprint density at radius 1 is 0.762 bits per heavy atom. The summed E-state index contributed by atoms with van der Waals surface area (Å²) in [7, 11) is 12.5. The fourth-order valence-electron chi connectivity index (χ4n) is 1.94. The molecular weight excluding hydrogens is 282 g/mol. The van der Waals surface area contributed by atoms with Gasteiger partial charge < -0.3 is 5.11 Å². The van der Waals surface area contributed by atoms with Crippen molar-refractivity contribution < 1.29 is 5.11 Å². The summed E-state index contributed by atoms with van der Waals surface area (Å²) in [5, 5.41) is 9.02. The van der Waals surface area contributed by atoms with Gasteiger partial charge in [-0.15, -0.1) is 0 Å². The van der Waals surface area contributed by atoms with E-state index in [0.717, 1.165) is 0 Å². The Bertz CT molecular complexity index is 378. The highest BCUT2D eigenvalue weighted by Gasteiger charge is 2.29. The van der Waals surface area contributed by atoms with Crippen LogP contribution >= 0.6 is 0 Å². The Kier molecular flexibility index (Phi) is 8.33. The number of hydrogen-bond donors (Lipinski definition) is 1. The van der Waals surface area contributed by atoms with Gasteiger partial charge in [-0.25, -0.2) is 0 Å². The molecule has 0 aliphatic heterocycles. The quantitative estimate of drug-likeness (QED) is 0.869. The van der Waals surface area contributed by atoms with Crippen molar-refractivity contribution >= 4 is 11.5 Å². The van der Waals surface area contributed by atoms with Gasteiger partial charge in [-0.05, 0) is 23.1 Å². The highest BCUT2D eigenvalue weighted by Crippen LogP contribution is 2.23. The number of aromatic hydroxyl groups is 1. The second-order valence-electron chi connectivity index (χ2n) is 6.48. The van der Waals surface area contributed by atoms with Crippen molar-refractivity contribution in [2.45, 2.75) is 26.2 Å². The number of rotatable bonds is 3. The molecule has 0 spiro atoms. The minimum atomic E-state index is 0.120.